The molecular formula is C16H23NO2. The van der Waals surface area contributed by atoms with Gasteiger partial charge in [-0.2, -0.15) is 0 Å². The molecule has 1 saturated carbocycles. The third kappa shape index (κ3) is 4.58. The third-order valence-electron chi connectivity index (χ3n) is 3.76. The number of nitrogens with zero attached hydrogens (tertiary/aromatic N) is 1. The quantitative estimate of drug-likeness (QED) is 0.494. The highest BCUT2D eigenvalue weighted by molar-refractivity contribution is 5.83. The Bertz CT molecular complexity index is 405. The molecular weight excluding hydrogens is 238 g/mol. The van der Waals surface area contributed by atoms with Crippen LogP contribution in [0.3, 0.4) is 0 Å². The Labute approximate surface area is 115 Å². The van der Waals surface area contributed by atoms with Crippen LogP contribution in [0.25, 0.3) is 0 Å². The molecule has 0 unspecified atom stereocenters. The summed E-state index contributed by atoms with van der Waals surface area (Å²) < 4.78 is 5.85. The lowest BCUT2D eigenvalue weighted by Gasteiger charge is -2.21. The summed E-state index contributed by atoms with van der Waals surface area (Å²) in [7, 11) is 0. The molecule has 19 heavy (non-hydrogen) atoms. The molecule has 1 aliphatic carbocycles. The van der Waals surface area contributed by atoms with Crippen LogP contribution in [-0.4, -0.2) is 17.5 Å². The fourth-order valence-electron chi connectivity index (χ4n) is 2.60. The van der Waals surface area contributed by atoms with E-state index < -0.39 is 0 Å². The Balaban J connectivity index is 1.81. The van der Waals surface area contributed by atoms with Crippen LogP contribution in [0.15, 0.2) is 29.4 Å². The van der Waals surface area contributed by atoms with E-state index >= 15 is 0 Å². The van der Waals surface area contributed by atoms with E-state index in [9.17, 15) is 0 Å². The van der Waals surface area contributed by atoms with Gasteiger partial charge in [0.25, 0.3) is 0 Å². The van der Waals surface area contributed by atoms with Crippen molar-refractivity contribution < 1.29 is 9.94 Å². The van der Waals surface area contributed by atoms with Crippen LogP contribution in [0.2, 0.25) is 0 Å². The molecule has 2 rings (SSSR count). The van der Waals surface area contributed by atoms with Crippen molar-refractivity contribution in [3.63, 3.8) is 0 Å². The summed E-state index contributed by atoms with van der Waals surface area (Å²) in [4.78, 5) is 0. The number of benzene rings is 1. The Morgan fingerprint density at radius 2 is 1.89 bits per heavy atom. The Kier molecular flexibility index (Phi) is 5.25. The van der Waals surface area contributed by atoms with Crippen LogP contribution < -0.4 is 4.74 Å². The van der Waals surface area contributed by atoms with E-state index in [1.807, 2.05) is 31.2 Å². The lowest BCUT2D eigenvalue weighted by atomic mass is 9.90. The average Bonchev–Trinajstić information content (AvgIpc) is 2.47. The normalized spacial score (nSPS) is 17.4. The van der Waals surface area contributed by atoms with Gasteiger partial charge < -0.3 is 9.94 Å². The number of hydrogen-bond donors (Lipinski definition) is 1. The first-order valence-electron chi connectivity index (χ1n) is 7.17. The molecule has 1 aromatic rings. The van der Waals surface area contributed by atoms with Crippen molar-refractivity contribution in [2.24, 2.45) is 11.1 Å². The molecule has 0 aliphatic heterocycles. The van der Waals surface area contributed by atoms with Crippen molar-refractivity contribution in [2.75, 3.05) is 6.61 Å². The SMILES string of the molecule is C/C(Cc1ccc(OCC2CCCCC2)cc1)=N/O. The largest absolute Gasteiger partial charge is 0.493 e. The van der Waals surface area contributed by atoms with Crippen LogP contribution in [-0.2, 0) is 6.42 Å². The van der Waals surface area contributed by atoms with Crippen molar-refractivity contribution in [3.05, 3.63) is 29.8 Å². The Morgan fingerprint density at radius 3 is 2.53 bits per heavy atom. The molecule has 0 radical (unpaired) electrons. The zero-order valence-electron chi connectivity index (χ0n) is 11.6. The summed E-state index contributed by atoms with van der Waals surface area (Å²) in [5.74, 6) is 1.67. The highest BCUT2D eigenvalue weighted by Crippen LogP contribution is 2.24. The predicted octanol–water partition coefficient (Wildman–Crippen LogP) is 4.04. The summed E-state index contributed by atoms with van der Waals surface area (Å²) >= 11 is 0. The van der Waals surface area contributed by atoms with E-state index in [1.165, 1.54) is 32.1 Å². The average molecular weight is 261 g/mol. The van der Waals surface area contributed by atoms with Crippen molar-refractivity contribution in [3.8, 4) is 5.75 Å². The number of hydrogen-bond acceptors (Lipinski definition) is 3. The van der Waals surface area contributed by atoms with Gasteiger partial charge >= 0.3 is 0 Å². The molecule has 0 amide bonds. The number of ether oxygens (including phenoxy) is 1. The molecule has 1 N–H and O–H groups in total. The second-order valence-electron chi connectivity index (χ2n) is 5.47. The highest BCUT2D eigenvalue weighted by atomic mass is 16.5. The summed E-state index contributed by atoms with van der Waals surface area (Å²) in [6.45, 7) is 2.66. The van der Waals surface area contributed by atoms with Crippen LogP contribution in [0.5, 0.6) is 5.75 Å². The van der Waals surface area contributed by atoms with Gasteiger partial charge in [0.2, 0.25) is 0 Å². The first kappa shape index (κ1) is 13.9. The van der Waals surface area contributed by atoms with Gasteiger partial charge in [-0.25, -0.2) is 0 Å². The standard InChI is InChI=1S/C16H23NO2/c1-13(17-18)11-14-7-9-16(10-8-14)19-12-15-5-3-2-4-6-15/h7-10,15,18H,2-6,11-12H2,1H3/b17-13-. The molecule has 0 saturated heterocycles. The fourth-order valence-corrected chi connectivity index (χ4v) is 2.60. The highest BCUT2D eigenvalue weighted by Gasteiger charge is 2.13. The summed E-state index contributed by atoms with van der Waals surface area (Å²) in [6, 6.07) is 8.07. The van der Waals surface area contributed by atoms with E-state index in [0.717, 1.165) is 29.5 Å². The topological polar surface area (TPSA) is 41.8 Å². The minimum Gasteiger partial charge on any atom is -0.493 e. The van der Waals surface area contributed by atoms with Crippen molar-refractivity contribution in [1.29, 1.82) is 0 Å². The van der Waals surface area contributed by atoms with Crippen LogP contribution in [0.1, 0.15) is 44.6 Å². The van der Waals surface area contributed by atoms with Gasteiger partial charge in [-0.15, -0.1) is 0 Å². The maximum atomic E-state index is 8.64. The second-order valence-corrected chi connectivity index (χ2v) is 5.47. The monoisotopic (exact) mass is 261 g/mol. The Hall–Kier alpha value is -1.51. The van der Waals surface area contributed by atoms with E-state index in [1.54, 1.807) is 0 Å². The van der Waals surface area contributed by atoms with Crippen LogP contribution >= 0.6 is 0 Å². The lowest BCUT2D eigenvalue weighted by molar-refractivity contribution is 0.209. The van der Waals surface area contributed by atoms with Crippen molar-refractivity contribution in [1.82, 2.24) is 0 Å². The minimum absolute atomic E-state index is 0.680. The smallest absolute Gasteiger partial charge is 0.119 e. The second kappa shape index (κ2) is 7.17. The molecule has 104 valence electrons. The van der Waals surface area contributed by atoms with E-state index in [4.69, 9.17) is 9.94 Å². The molecule has 0 heterocycles. The zero-order chi connectivity index (χ0) is 13.5. The summed E-state index contributed by atoms with van der Waals surface area (Å²) in [6.07, 6.45) is 7.39. The summed E-state index contributed by atoms with van der Waals surface area (Å²) in [5.41, 5.74) is 1.86. The third-order valence-corrected chi connectivity index (χ3v) is 3.76. The fraction of sp³-hybridized carbons (Fsp3) is 0.562. The molecule has 1 aromatic carbocycles. The van der Waals surface area contributed by atoms with Gasteiger partial charge in [0.15, 0.2) is 0 Å². The first-order chi connectivity index (χ1) is 9.28. The first-order valence-corrected chi connectivity index (χ1v) is 7.17. The maximum Gasteiger partial charge on any atom is 0.119 e. The number of rotatable bonds is 5. The van der Waals surface area contributed by atoms with Gasteiger partial charge in [0.1, 0.15) is 5.75 Å². The molecule has 1 aliphatic rings. The van der Waals surface area contributed by atoms with Gasteiger partial charge in [-0.3, -0.25) is 0 Å². The maximum absolute atomic E-state index is 8.64. The minimum atomic E-state index is 0.680. The molecule has 0 atom stereocenters. The molecule has 3 nitrogen and oxygen atoms in total. The van der Waals surface area contributed by atoms with Gasteiger partial charge in [0.05, 0.1) is 12.3 Å². The zero-order valence-corrected chi connectivity index (χ0v) is 11.6. The van der Waals surface area contributed by atoms with E-state index in [2.05, 4.69) is 5.16 Å². The van der Waals surface area contributed by atoms with Gasteiger partial charge in [-0.05, 0) is 43.4 Å². The molecule has 1 fully saturated rings. The van der Waals surface area contributed by atoms with Crippen LogP contribution in [0, 0.1) is 5.92 Å². The molecule has 0 bridgehead atoms. The van der Waals surface area contributed by atoms with Gasteiger partial charge in [-0.1, -0.05) is 36.6 Å². The Morgan fingerprint density at radius 1 is 1.21 bits per heavy atom. The van der Waals surface area contributed by atoms with Crippen molar-refractivity contribution >= 4 is 5.71 Å². The predicted molar refractivity (Wildman–Crippen MR) is 77.1 cm³/mol. The summed E-state index contributed by atoms with van der Waals surface area (Å²) in [5, 5.41) is 11.8. The molecule has 0 aromatic heterocycles. The van der Waals surface area contributed by atoms with Crippen LogP contribution in [0.4, 0.5) is 0 Å². The molecule has 0 spiro atoms. The number of oxime groups is 1. The van der Waals surface area contributed by atoms with Gasteiger partial charge in [0, 0.05) is 6.42 Å². The van der Waals surface area contributed by atoms with E-state index in [-0.39, 0.29) is 0 Å². The lowest BCUT2D eigenvalue weighted by Crippen LogP contribution is -2.15. The van der Waals surface area contributed by atoms with E-state index in [0.29, 0.717) is 6.42 Å². The van der Waals surface area contributed by atoms with Crippen molar-refractivity contribution in [2.45, 2.75) is 45.4 Å². The molecule has 3 heteroatoms.